The van der Waals surface area contributed by atoms with Crippen LogP contribution < -0.4 is 4.90 Å². The number of benzene rings is 12. The third kappa shape index (κ3) is 5.95. The van der Waals surface area contributed by atoms with Gasteiger partial charge in [-0.15, -0.1) is 11.3 Å². The Balaban J connectivity index is 0.948. The van der Waals surface area contributed by atoms with Gasteiger partial charge in [-0.25, -0.2) is 0 Å². The van der Waals surface area contributed by atoms with E-state index in [-0.39, 0.29) is 0 Å². The fourth-order valence-electron chi connectivity index (χ4n) is 10.9. The Bertz CT molecular complexity index is 4230. The molecule has 14 aromatic rings. The number of fused-ring (bicyclic) bond motifs is 13. The van der Waals surface area contributed by atoms with Crippen molar-refractivity contribution in [3.63, 3.8) is 0 Å². The van der Waals surface area contributed by atoms with E-state index in [1.165, 1.54) is 113 Å². The van der Waals surface area contributed by atoms with E-state index in [1.807, 2.05) is 11.3 Å². The molecule has 0 radical (unpaired) electrons. The highest BCUT2D eigenvalue weighted by Gasteiger charge is 2.20. The number of para-hydroxylation sites is 1. The maximum atomic E-state index is 2.47. The number of anilines is 3. The van der Waals surface area contributed by atoms with Gasteiger partial charge in [0.25, 0.3) is 0 Å². The van der Waals surface area contributed by atoms with Gasteiger partial charge in [0.15, 0.2) is 0 Å². The smallest absolute Gasteiger partial charge is 0.0640 e. The van der Waals surface area contributed by atoms with Gasteiger partial charge in [0.05, 0.1) is 21.4 Å². The zero-order valence-corrected chi connectivity index (χ0v) is 37.2. The van der Waals surface area contributed by atoms with Crippen molar-refractivity contribution in [3.05, 3.63) is 243 Å². The lowest BCUT2D eigenvalue weighted by atomic mass is 9.94. The van der Waals surface area contributed by atoms with Crippen LogP contribution in [0, 0.1) is 0 Å². The van der Waals surface area contributed by atoms with Crippen molar-refractivity contribution in [2.45, 2.75) is 0 Å². The molecule has 2 heterocycles. The molecule has 0 saturated heterocycles. The van der Waals surface area contributed by atoms with E-state index in [1.54, 1.807) is 0 Å². The zero-order chi connectivity index (χ0) is 44.0. The maximum Gasteiger partial charge on any atom is 0.0640 e. The van der Waals surface area contributed by atoms with Crippen LogP contribution in [-0.4, -0.2) is 4.57 Å². The summed E-state index contributed by atoms with van der Waals surface area (Å²) < 4.78 is 5.06. The van der Waals surface area contributed by atoms with E-state index in [0.29, 0.717) is 0 Å². The number of aromatic nitrogens is 1. The van der Waals surface area contributed by atoms with Crippen LogP contribution in [0.4, 0.5) is 17.1 Å². The lowest BCUT2D eigenvalue weighted by Gasteiger charge is -2.26. The second-order valence-corrected chi connectivity index (χ2v) is 18.7. The monoisotopic (exact) mass is 868 g/mol. The highest BCUT2D eigenvalue weighted by Crippen LogP contribution is 2.46. The van der Waals surface area contributed by atoms with Crippen molar-refractivity contribution in [1.82, 2.24) is 4.57 Å². The van der Waals surface area contributed by atoms with Gasteiger partial charge in [-0.2, -0.15) is 0 Å². The minimum Gasteiger partial charge on any atom is -0.309 e. The van der Waals surface area contributed by atoms with E-state index in [0.717, 1.165) is 17.1 Å². The molecule has 0 atom stereocenters. The summed E-state index contributed by atoms with van der Waals surface area (Å²) in [5.41, 5.74) is 11.8. The van der Waals surface area contributed by atoms with Gasteiger partial charge in [0.2, 0.25) is 0 Å². The van der Waals surface area contributed by atoms with Crippen molar-refractivity contribution in [3.8, 4) is 27.9 Å². The quantitative estimate of drug-likeness (QED) is 0.151. The predicted octanol–water partition coefficient (Wildman–Crippen LogP) is 18.6. The molecule has 0 amide bonds. The average molecular weight is 869 g/mol. The molecule has 0 aliphatic heterocycles. The molecule has 0 fully saturated rings. The molecular weight excluding hydrogens is 829 g/mol. The molecule has 0 aliphatic carbocycles. The molecule has 312 valence electrons. The molecule has 67 heavy (non-hydrogen) atoms. The molecular formula is C64H40N2S. The maximum absolute atomic E-state index is 2.47. The third-order valence-electron chi connectivity index (χ3n) is 13.9. The lowest BCUT2D eigenvalue weighted by molar-refractivity contribution is 1.19. The van der Waals surface area contributed by atoms with Crippen molar-refractivity contribution in [2.24, 2.45) is 0 Å². The van der Waals surface area contributed by atoms with Crippen LogP contribution in [0.5, 0.6) is 0 Å². The molecule has 0 N–H and O–H groups in total. The summed E-state index contributed by atoms with van der Waals surface area (Å²) in [6, 6.07) is 89.5. The van der Waals surface area contributed by atoms with Crippen molar-refractivity contribution in [2.75, 3.05) is 4.90 Å². The summed E-state index contributed by atoms with van der Waals surface area (Å²) in [6.45, 7) is 0. The first-order valence-corrected chi connectivity index (χ1v) is 23.8. The van der Waals surface area contributed by atoms with E-state index >= 15 is 0 Å². The minimum atomic E-state index is 1.12. The number of hydrogen-bond donors (Lipinski definition) is 0. The summed E-state index contributed by atoms with van der Waals surface area (Å²) >= 11 is 1.87. The number of rotatable bonds is 6. The van der Waals surface area contributed by atoms with Crippen LogP contribution in [0.1, 0.15) is 0 Å². The number of thiophene rings is 1. The molecule has 2 nitrogen and oxygen atoms in total. The second-order valence-electron chi connectivity index (χ2n) is 17.6. The Kier molecular flexibility index (Phi) is 8.49. The van der Waals surface area contributed by atoms with Crippen LogP contribution >= 0.6 is 11.3 Å². The lowest BCUT2D eigenvalue weighted by Crippen LogP contribution is -2.09. The molecule has 0 saturated carbocycles. The summed E-state index contributed by atoms with van der Waals surface area (Å²) in [5, 5.41) is 15.2. The van der Waals surface area contributed by atoms with Gasteiger partial charge in [0.1, 0.15) is 0 Å². The first kappa shape index (κ1) is 37.8. The third-order valence-corrected chi connectivity index (χ3v) is 15.2. The normalized spacial score (nSPS) is 11.9. The van der Waals surface area contributed by atoms with Gasteiger partial charge in [-0.3, -0.25) is 0 Å². The van der Waals surface area contributed by atoms with Crippen LogP contribution in [0.25, 0.3) is 113 Å². The molecule has 0 aliphatic rings. The molecule has 0 unspecified atom stereocenters. The summed E-state index contributed by atoms with van der Waals surface area (Å²) in [4.78, 5) is 2.41. The van der Waals surface area contributed by atoms with Crippen LogP contribution in [0.15, 0.2) is 243 Å². The summed E-state index contributed by atoms with van der Waals surface area (Å²) in [7, 11) is 0. The van der Waals surface area contributed by atoms with Gasteiger partial charge in [-0.05, 0) is 138 Å². The number of nitrogens with zero attached hydrogens (tertiary/aromatic N) is 2. The Morgan fingerprint density at radius 3 is 1.60 bits per heavy atom. The molecule has 0 spiro atoms. The van der Waals surface area contributed by atoms with Crippen molar-refractivity contribution >= 4 is 113 Å². The van der Waals surface area contributed by atoms with Gasteiger partial charge < -0.3 is 9.47 Å². The predicted molar refractivity (Wildman–Crippen MR) is 289 cm³/mol. The molecule has 0 bridgehead atoms. The van der Waals surface area contributed by atoms with Crippen molar-refractivity contribution < 1.29 is 0 Å². The summed E-state index contributed by atoms with van der Waals surface area (Å²) in [6.07, 6.45) is 0. The van der Waals surface area contributed by atoms with Gasteiger partial charge in [-0.1, -0.05) is 170 Å². The SMILES string of the molecule is c1ccc(N(c2ccc(-c3ccc4c(c3)c3cc(-c5cccc6ccccc56)ccc3n4-c3ccc4c5ccccc5c5ccccc5c4c3)cc2)c2cccc3c2sc2ccccc23)cc1. The highest BCUT2D eigenvalue weighted by molar-refractivity contribution is 7.26. The van der Waals surface area contributed by atoms with E-state index in [2.05, 4.69) is 252 Å². The van der Waals surface area contributed by atoms with Gasteiger partial charge >= 0.3 is 0 Å². The number of hydrogen-bond acceptors (Lipinski definition) is 2. The fourth-order valence-corrected chi connectivity index (χ4v) is 12.1. The average Bonchev–Trinajstić information content (AvgIpc) is 3.95. The second kappa shape index (κ2) is 15.0. The standard InChI is InChI=1S/C64H40N2S/c1-2-16-45(17-3-1)65(62-26-13-25-56-55-23-10-11-27-63(55)67-64(56)62)46-32-28-41(29-33-46)43-30-36-60-58(38-43)59-39-44(49-24-12-15-42-14-4-5-18-48(42)49)31-37-61(59)66(60)47-34-35-54-52-21-7-6-19-50(52)51-20-8-9-22-53(51)57(54)40-47/h1-40H. The fraction of sp³-hybridized carbons (Fsp3) is 0. The Morgan fingerprint density at radius 1 is 0.313 bits per heavy atom. The highest BCUT2D eigenvalue weighted by atomic mass is 32.1. The minimum absolute atomic E-state index is 1.12. The Hall–Kier alpha value is -8.50. The molecule has 14 rings (SSSR count). The molecule has 2 aromatic heterocycles. The largest absolute Gasteiger partial charge is 0.309 e. The first-order valence-electron chi connectivity index (χ1n) is 23.0. The zero-order valence-electron chi connectivity index (χ0n) is 36.4. The van der Waals surface area contributed by atoms with Gasteiger partial charge in [0, 0.05) is 43.3 Å². The van der Waals surface area contributed by atoms with Crippen LogP contribution in [0.2, 0.25) is 0 Å². The van der Waals surface area contributed by atoms with E-state index < -0.39 is 0 Å². The Labute approximate surface area is 391 Å². The summed E-state index contributed by atoms with van der Waals surface area (Å²) in [5.74, 6) is 0. The topological polar surface area (TPSA) is 8.17 Å². The molecule has 12 aromatic carbocycles. The van der Waals surface area contributed by atoms with Crippen molar-refractivity contribution in [1.29, 1.82) is 0 Å². The molecule has 3 heteroatoms. The Morgan fingerprint density at radius 2 is 0.851 bits per heavy atom. The van der Waals surface area contributed by atoms with E-state index in [9.17, 15) is 0 Å². The van der Waals surface area contributed by atoms with Crippen LogP contribution in [0.3, 0.4) is 0 Å². The first-order chi connectivity index (χ1) is 33.2. The van der Waals surface area contributed by atoms with E-state index in [4.69, 9.17) is 0 Å². The van der Waals surface area contributed by atoms with Crippen LogP contribution in [-0.2, 0) is 0 Å².